The SMILES string of the molecule is COc1ccccc1CCNC(=O)c1ccnc(NCCc2ccccc2F)c1. The van der Waals surface area contributed by atoms with Gasteiger partial charge in [-0.3, -0.25) is 4.79 Å². The second kappa shape index (κ2) is 10.2. The number of hydrogen-bond donors (Lipinski definition) is 2. The van der Waals surface area contributed by atoms with Gasteiger partial charge in [-0.2, -0.15) is 0 Å². The monoisotopic (exact) mass is 393 g/mol. The van der Waals surface area contributed by atoms with Gasteiger partial charge in [-0.1, -0.05) is 36.4 Å². The number of para-hydroxylation sites is 1. The normalized spacial score (nSPS) is 10.4. The molecule has 0 fully saturated rings. The maximum Gasteiger partial charge on any atom is 0.251 e. The summed E-state index contributed by atoms with van der Waals surface area (Å²) in [7, 11) is 1.63. The molecule has 0 unspecified atom stereocenters. The maximum atomic E-state index is 13.7. The van der Waals surface area contributed by atoms with Crippen LogP contribution in [0.25, 0.3) is 0 Å². The molecule has 0 aliphatic heterocycles. The van der Waals surface area contributed by atoms with Gasteiger partial charge < -0.3 is 15.4 Å². The third-order valence-electron chi connectivity index (χ3n) is 4.55. The molecule has 0 aliphatic rings. The van der Waals surface area contributed by atoms with Crippen LogP contribution in [0.4, 0.5) is 10.2 Å². The summed E-state index contributed by atoms with van der Waals surface area (Å²) in [4.78, 5) is 16.7. The second-order valence-electron chi connectivity index (χ2n) is 6.52. The van der Waals surface area contributed by atoms with Gasteiger partial charge in [0.05, 0.1) is 7.11 Å². The molecular formula is C23H24FN3O2. The minimum atomic E-state index is -0.217. The number of carbonyl (C=O) groups is 1. The first kappa shape index (κ1) is 20.3. The van der Waals surface area contributed by atoms with E-state index in [1.807, 2.05) is 30.3 Å². The molecule has 1 heterocycles. The maximum absolute atomic E-state index is 13.7. The van der Waals surface area contributed by atoms with Crippen molar-refractivity contribution in [2.75, 3.05) is 25.5 Å². The van der Waals surface area contributed by atoms with Crippen molar-refractivity contribution in [3.05, 3.63) is 89.4 Å². The van der Waals surface area contributed by atoms with Crippen molar-refractivity contribution in [1.82, 2.24) is 10.3 Å². The Balaban J connectivity index is 1.50. The van der Waals surface area contributed by atoms with Crippen LogP contribution >= 0.6 is 0 Å². The minimum absolute atomic E-state index is 0.167. The van der Waals surface area contributed by atoms with E-state index in [0.717, 1.165) is 11.3 Å². The number of benzene rings is 2. The summed E-state index contributed by atoms with van der Waals surface area (Å²) in [5.74, 6) is 1.01. The third-order valence-corrected chi connectivity index (χ3v) is 4.55. The van der Waals surface area contributed by atoms with Crippen molar-refractivity contribution in [3.63, 3.8) is 0 Å². The quantitative estimate of drug-likeness (QED) is 0.580. The third kappa shape index (κ3) is 5.78. The van der Waals surface area contributed by atoms with Crippen molar-refractivity contribution >= 4 is 11.7 Å². The number of pyridine rings is 1. The lowest BCUT2D eigenvalue weighted by Crippen LogP contribution is -2.26. The fourth-order valence-electron chi connectivity index (χ4n) is 3.02. The molecule has 0 saturated carbocycles. The number of anilines is 1. The largest absolute Gasteiger partial charge is 0.496 e. The number of halogens is 1. The molecular weight excluding hydrogens is 369 g/mol. The van der Waals surface area contributed by atoms with E-state index in [1.165, 1.54) is 6.07 Å². The van der Waals surface area contributed by atoms with E-state index in [-0.39, 0.29) is 11.7 Å². The molecule has 0 aliphatic carbocycles. The fraction of sp³-hybridized carbons (Fsp3) is 0.217. The summed E-state index contributed by atoms with van der Waals surface area (Å²) in [6.45, 7) is 1.02. The first-order chi connectivity index (χ1) is 14.2. The molecule has 3 aromatic rings. The highest BCUT2D eigenvalue weighted by molar-refractivity contribution is 5.94. The molecule has 29 heavy (non-hydrogen) atoms. The number of rotatable bonds is 9. The lowest BCUT2D eigenvalue weighted by molar-refractivity contribution is 0.0954. The highest BCUT2D eigenvalue weighted by atomic mass is 19.1. The molecule has 2 aromatic carbocycles. The van der Waals surface area contributed by atoms with Gasteiger partial charge in [0, 0.05) is 24.8 Å². The van der Waals surface area contributed by atoms with E-state index in [0.29, 0.717) is 42.9 Å². The van der Waals surface area contributed by atoms with Gasteiger partial charge >= 0.3 is 0 Å². The Bertz CT molecular complexity index is 962. The van der Waals surface area contributed by atoms with E-state index < -0.39 is 0 Å². The number of carbonyl (C=O) groups excluding carboxylic acids is 1. The molecule has 1 amide bonds. The number of amides is 1. The summed E-state index contributed by atoms with van der Waals surface area (Å²) < 4.78 is 19.0. The van der Waals surface area contributed by atoms with E-state index in [1.54, 1.807) is 37.6 Å². The minimum Gasteiger partial charge on any atom is -0.496 e. The van der Waals surface area contributed by atoms with E-state index in [2.05, 4.69) is 15.6 Å². The molecule has 5 nitrogen and oxygen atoms in total. The predicted octanol–water partition coefficient (Wildman–Crippen LogP) is 3.86. The second-order valence-corrected chi connectivity index (χ2v) is 6.52. The van der Waals surface area contributed by atoms with Crippen LogP contribution < -0.4 is 15.4 Å². The van der Waals surface area contributed by atoms with Crippen LogP contribution in [0.2, 0.25) is 0 Å². The molecule has 0 atom stereocenters. The van der Waals surface area contributed by atoms with Gasteiger partial charge in [-0.25, -0.2) is 9.37 Å². The zero-order valence-corrected chi connectivity index (χ0v) is 16.3. The van der Waals surface area contributed by atoms with E-state index in [4.69, 9.17) is 4.74 Å². The van der Waals surface area contributed by atoms with Gasteiger partial charge in [-0.05, 0) is 48.2 Å². The first-order valence-electron chi connectivity index (χ1n) is 9.51. The Morgan fingerprint density at radius 1 is 1.00 bits per heavy atom. The van der Waals surface area contributed by atoms with Gasteiger partial charge in [0.25, 0.3) is 5.91 Å². The van der Waals surface area contributed by atoms with Crippen LogP contribution in [0, 0.1) is 5.82 Å². The van der Waals surface area contributed by atoms with Crippen LogP contribution in [0.3, 0.4) is 0 Å². The van der Waals surface area contributed by atoms with Gasteiger partial charge in [-0.15, -0.1) is 0 Å². The first-order valence-corrected chi connectivity index (χ1v) is 9.51. The van der Waals surface area contributed by atoms with E-state index >= 15 is 0 Å². The number of methoxy groups -OCH3 is 1. The Morgan fingerprint density at radius 3 is 2.52 bits per heavy atom. The van der Waals surface area contributed by atoms with Crippen LogP contribution in [0.1, 0.15) is 21.5 Å². The van der Waals surface area contributed by atoms with Crippen molar-refractivity contribution < 1.29 is 13.9 Å². The highest BCUT2D eigenvalue weighted by Crippen LogP contribution is 2.17. The molecule has 6 heteroatoms. The molecule has 3 rings (SSSR count). The lowest BCUT2D eigenvalue weighted by Gasteiger charge is -2.10. The average Bonchev–Trinajstić information content (AvgIpc) is 2.75. The summed E-state index contributed by atoms with van der Waals surface area (Å²) in [6.07, 6.45) is 2.79. The zero-order valence-electron chi connectivity index (χ0n) is 16.3. The number of ether oxygens (including phenoxy) is 1. The summed E-state index contributed by atoms with van der Waals surface area (Å²) in [6, 6.07) is 17.8. The Kier molecular flexibility index (Phi) is 7.16. The van der Waals surface area contributed by atoms with Crippen LogP contribution in [-0.4, -0.2) is 31.1 Å². The van der Waals surface area contributed by atoms with Crippen molar-refractivity contribution in [1.29, 1.82) is 0 Å². The summed E-state index contributed by atoms with van der Waals surface area (Å²) >= 11 is 0. The zero-order chi connectivity index (χ0) is 20.5. The average molecular weight is 393 g/mol. The fourth-order valence-corrected chi connectivity index (χ4v) is 3.02. The Hall–Kier alpha value is -3.41. The van der Waals surface area contributed by atoms with Crippen molar-refractivity contribution in [2.45, 2.75) is 12.8 Å². The van der Waals surface area contributed by atoms with E-state index in [9.17, 15) is 9.18 Å². The van der Waals surface area contributed by atoms with Crippen LogP contribution in [0.15, 0.2) is 66.9 Å². The molecule has 0 radical (unpaired) electrons. The van der Waals surface area contributed by atoms with Crippen LogP contribution in [0.5, 0.6) is 5.75 Å². The molecule has 0 saturated heterocycles. The van der Waals surface area contributed by atoms with Crippen LogP contribution in [-0.2, 0) is 12.8 Å². The van der Waals surface area contributed by atoms with Crippen molar-refractivity contribution in [2.24, 2.45) is 0 Å². The molecule has 0 bridgehead atoms. The topological polar surface area (TPSA) is 63.2 Å². The van der Waals surface area contributed by atoms with Gasteiger partial charge in [0.15, 0.2) is 0 Å². The summed E-state index contributed by atoms with van der Waals surface area (Å²) in [5.41, 5.74) is 2.21. The number of nitrogens with one attached hydrogen (secondary N) is 2. The standard InChI is InChI=1S/C23H24FN3O2/c1-29-21-9-5-3-7-18(21)11-15-27-23(28)19-12-14-26-22(16-19)25-13-10-17-6-2-4-8-20(17)24/h2-9,12,14,16H,10-11,13,15H2,1H3,(H,25,26)(H,27,28). The van der Waals surface area contributed by atoms with Gasteiger partial charge in [0.1, 0.15) is 17.4 Å². The predicted molar refractivity (Wildman–Crippen MR) is 112 cm³/mol. The van der Waals surface area contributed by atoms with Crippen molar-refractivity contribution in [3.8, 4) is 5.75 Å². The number of aromatic nitrogens is 1. The Morgan fingerprint density at radius 2 is 1.72 bits per heavy atom. The molecule has 0 spiro atoms. The Labute approximate surface area is 169 Å². The number of nitrogens with zero attached hydrogens (tertiary/aromatic N) is 1. The smallest absolute Gasteiger partial charge is 0.251 e. The lowest BCUT2D eigenvalue weighted by atomic mass is 10.1. The van der Waals surface area contributed by atoms with Gasteiger partial charge in [0.2, 0.25) is 0 Å². The molecule has 150 valence electrons. The highest BCUT2D eigenvalue weighted by Gasteiger charge is 2.08. The molecule has 1 aromatic heterocycles. The summed E-state index contributed by atoms with van der Waals surface area (Å²) in [5, 5.41) is 6.05. The number of hydrogen-bond acceptors (Lipinski definition) is 4. The molecule has 2 N–H and O–H groups in total.